The van der Waals surface area contributed by atoms with Crippen molar-refractivity contribution in [2.45, 2.75) is 38.4 Å². The molecule has 5 N–H and O–H groups in total. The summed E-state index contributed by atoms with van der Waals surface area (Å²) < 4.78 is 4.61. The average Bonchev–Trinajstić information content (AvgIpc) is 2.31. The molecule has 0 bridgehead atoms. The molecule has 0 aromatic heterocycles. The molecule has 0 fully saturated rings. The zero-order valence-corrected chi connectivity index (χ0v) is 10.2. The van der Waals surface area contributed by atoms with Gasteiger partial charge in [0.05, 0.1) is 6.10 Å². The van der Waals surface area contributed by atoms with Crippen molar-refractivity contribution in [2.24, 2.45) is 5.92 Å². The van der Waals surface area contributed by atoms with Crippen LogP contribution in [0.1, 0.15) is 13.8 Å². The van der Waals surface area contributed by atoms with Gasteiger partial charge in [0.15, 0.2) is 6.29 Å². The number of aliphatic hydroxyl groups excluding tert-OH is 4. The molecule has 0 saturated heterocycles. The Hall–Kier alpha value is -0.730. The van der Waals surface area contributed by atoms with Gasteiger partial charge in [-0.05, 0) is 0 Å². The minimum absolute atomic E-state index is 0.325. The predicted molar refractivity (Wildman–Crippen MR) is 58.9 cm³/mol. The second kappa shape index (κ2) is 7.57. The van der Waals surface area contributed by atoms with Gasteiger partial charge in [0.1, 0.15) is 12.1 Å². The van der Waals surface area contributed by atoms with E-state index in [9.17, 15) is 20.1 Å². The Morgan fingerprint density at radius 3 is 2.18 bits per heavy atom. The zero-order chi connectivity index (χ0) is 13.6. The number of aliphatic hydroxyl groups is 4. The molecule has 0 aromatic carbocycles. The summed E-state index contributed by atoms with van der Waals surface area (Å²) in [7, 11) is 1.20. The summed E-state index contributed by atoms with van der Waals surface area (Å²) >= 11 is 0. The summed E-state index contributed by atoms with van der Waals surface area (Å²) in [5.41, 5.74) is 0. The van der Waals surface area contributed by atoms with Gasteiger partial charge >= 0.3 is 0 Å². The second-order valence-corrected chi connectivity index (χ2v) is 3.99. The maximum atomic E-state index is 10.9. The average molecular weight is 251 g/mol. The van der Waals surface area contributed by atoms with E-state index in [4.69, 9.17) is 5.11 Å². The molecule has 102 valence electrons. The lowest BCUT2D eigenvalue weighted by Gasteiger charge is -2.32. The maximum Gasteiger partial charge on any atom is 0.217 e. The van der Waals surface area contributed by atoms with E-state index in [1.807, 2.05) is 0 Å². The van der Waals surface area contributed by atoms with Crippen molar-refractivity contribution in [3.63, 3.8) is 0 Å². The molecule has 1 amide bonds. The van der Waals surface area contributed by atoms with Crippen LogP contribution in [0.2, 0.25) is 0 Å². The van der Waals surface area contributed by atoms with E-state index in [2.05, 4.69) is 10.1 Å². The highest BCUT2D eigenvalue weighted by Crippen LogP contribution is 2.13. The molecule has 7 heteroatoms. The lowest BCUT2D eigenvalue weighted by atomic mass is 9.95. The molecular formula is C10H21NO6. The summed E-state index contributed by atoms with van der Waals surface area (Å²) in [5.74, 6) is -1.07. The summed E-state index contributed by atoms with van der Waals surface area (Å²) in [6.45, 7) is 2.41. The number of ether oxygens (including phenoxy) is 1. The molecule has 0 saturated carbocycles. The topological polar surface area (TPSA) is 119 Å². The van der Waals surface area contributed by atoms with E-state index in [1.54, 1.807) is 0 Å². The highest BCUT2D eigenvalue weighted by atomic mass is 16.6. The normalized spacial score (nSPS) is 20.2. The number of amides is 1. The molecule has 0 aliphatic rings. The fourth-order valence-corrected chi connectivity index (χ4v) is 1.36. The van der Waals surface area contributed by atoms with Crippen molar-refractivity contribution in [2.75, 3.05) is 13.7 Å². The van der Waals surface area contributed by atoms with Crippen molar-refractivity contribution >= 4 is 5.91 Å². The van der Waals surface area contributed by atoms with Gasteiger partial charge in [0, 0.05) is 26.6 Å². The first-order chi connectivity index (χ1) is 7.84. The molecule has 0 rings (SSSR count). The molecule has 0 aliphatic heterocycles. The van der Waals surface area contributed by atoms with Crippen LogP contribution >= 0.6 is 0 Å². The van der Waals surface area contributed by atoms with Crippen LogP contribution in [0.5, 0.6) is 0 Å². The van der Waals surface area contributed by atoms with Crippen LogP contribution < -0.4 is 5.32 Å². The van der Waals surface area contributed by atoms with E-state index in [-0.39, 0.29) is 6.61 Å². The molecule has 17 heavy (non-hydrogen) atoms. The Bertz CT molecular complexity index is 237. The number of rotatable bonds is 7. The molecule has 0 radical (unpaired) electrons. The van der Waals surface area contributed by atoms with Crippen molar-refractivity contribution in [1.29, 1.82) is 0 Å². The summed E-state index contributed by atoms with van der Waals surface area (Å²) in [5, 5.41) is 40.1. The van der Waals surface area contributed by atoms with Crippen molar-refractivity contribution in [1.82, 2.24) is 5.32 Å². The minimum Gasteiger partial charge on any atom is -0.396 e. The van der Waals surface area contributed by atoms with Gasteiger partial charge in [-0.15, -0.1) is 0 Å². The van der Waals surface area contributed by atoms with E-state index >= 15 is 0 Å². The Morgan fingerprint density at radius 2 is 1.82 bits per heavy atom. The summed E-state index contributed by atoms with van der Waals surface area (Å²) in [4.78, 5) is 10.9. The number of hydrogen-bond donors (Lipinski definition) is 5. The first kappa shape index (κ1) is 16.3. The first-order valence-corrected chi connectivity index (χ1v) is 5.30. The fourth-order valence-electron chi connectivity index (χ4n) is 1.36. The number of methoxy groups -OCH3 is 1. The Balaban J connectivity index is 4.72. The number of carbonyl (C=O) groups excluding carboxylic acids is 1. The lowest BCUT2D eigenvalue weighted by molar-refractivity contribution is -0.152. The van der Waals surface area contributed by atoms with Gasteiger partial charge in [-0.25, -0.2) is 0 Å². The molecule has 0 heterocycles. The Morgan fingerprint density at radius 1 is 1.29 bits per heavy atom. The third-order valence-electron chi connectivity index (χ3n) is 2.51. The van der Waals surface area contributed by atoms with Crippen molar-refractivity contribution in [3.05, 3.63) is 0 Å². The van der Waals surface area contributed by atoms with E-state index in [0.717, 1.165) is 0 Å². The first-order valence-electron chi connectivity index (χ1n) is 5.30. The van der Waals surface area contributed by atoms with Gasteiger partial charge in [0.25, 0.3) is 0 Å². The standard InChI is InChI=1S/C10H21NO6/c1-5(4-12)8(14)9(15)7(10(16)17-3)11-6(2)13/h5,7-10,12,14-16H,4H2,1-3H3,(H,11,13)/t5?,7?,8-,9?,10?/m1/s1. The van der Waals surface area contributed by atoms with Gasteiger partial charge in [0.2, 0.25) is 5.91 Å². The molecule has 7 nitrogen and oxygen atoms in total. The Kier molecular flexibility index (Phi) is 7.24. The third kappa shape index (κ3) is 4.97. The minimum atomic E-state index is -1.45. The zero-order valence-electron chi connectivity index (χ0n) is 10.2. The molecule has 5 atom stereocenters. The predicted octanol–water partition coefficient (Wildman–Crippen LogP) is -2.19. The molecular weight excluding hydrogens is 230 g/mol. The molecule has 0 aromatic rings. The third-order valence-corrected chi connectivity index (χ3v) is 2.51. The smallest absolute Gasteiger partial charge is 0.217 e. The van der Waals surface area contributed by atoms with Crippen LogP contribution in [-0.4, -0.2) is 64.6 Å². The fraction of sp³-hybridized carbons (Fsp3) is 0.900. The molecule has 0 spiro atoms. The van der Waals surface area contributed by atoms with Crippen molar-refractivity contribution < 1.29 is 30.0 Å². The summed E-state index contributed by atoms with van der Waals surface area (Å²) in [6.07, 6.45) is -4.19. The largest absolute Gasteiger partial charge is 0.396 e. The quantitative estimate of drug-likeness (QED) is 0.328. The monoisotopic (exact) mass is 251 g/mol. The second-order valence-electron chi connectivity index (χ2n) is 3.99. The van der Waals surface area contributed by atoms with Crippen LogP contribution in [0.25, 0.3) is 0 Å². The van der Waals surface area contributed by atoms with E-state index in [1.165, 1.54) is 21.0 Å². The van der Waals surface area contributed by atoms with Crippen LogP contribution in [0, 0.1) is 5.92 Å². The van der Waals surface area contributed by atoms with Gasteiger partial charge in [-0.3, -0.25) is 4.79 Å². The van der Waals surface area contributed by atoms with Crippen LogP contribution in [0.3, 0.4) is 0 Å². The number of carbonyl (C=O) groups is 1. The van der Waals surface area contributed by atoms with E-state index in [0.29, 0.717) is 0 Å². The van der Waals surface area contributed by atoms with Gasteiger partial charge in [-0.1, -0.05) is 6.92 Å². The van der Waals surface area contributed by atoms with Crippen molar-refractivity contribution in [3.8, 4) is 0 Å². The maximum absolute atomic E-state index is 10.9. The van der Waals surface area contributed by atoms with E-state index < -0.39 is 36.4 Å². The number of nitrogens with one attached hydrogen (secondary N) is 1. The van der Waals surface area contributed by atoms with Gasteiger partial charge < -0.3 is 30.5 Å². The van der Waals surface area contributed by atoms with Crippen LogP contribution in [-0.2, 0) is 9.53 Å². The SMILES string of the molecule is COC(O)C(NC(C)=O)C(O)[C@H](O)C(C)CO. The highest BCUT2D eigenvalue weighted by molar-refractivity contribution is 5.73. The summed E-state index contributed by atoms with van der Waals surface area (Å²) in [6, 6.07) is -1.17. The number of hydrogen-bond acceptors (Lipinski definition) is 6. The molecule has 0 aliphatic carbocycles. The van der Waals surface area contributed by atoms with Crippen LogP contribution in [0.15, 0.2) is 0 Å². The van der Waals surface area contributed by atoms with Crippen LogP contribution in [0.4, 0.5) is 0 Å². The highest BCUT2D eigenvalue weighted by Gasteiger charge is 2.35. The Labute approximate surface area is 100 Å². The lowest BCUT2D eigenvalue weighted by Crippen LogP contribution is -2.56. The molecule has 4 unspecified atom stereocenters. The van der Waals surface area contributed by atoms with Gasteiger partial charge in [-0.2, -0.15) is 0 Å².